The summed E-state index contributed by atoms with van der Waals surface area (Å²) in [6.07, 6.45) is 15.8. The highest BCUT2D eigenvalue weighted by atomic mass is 35.5. The third kappa shape index (κ3) is 6.13. The van der Waals surface area contributed by atoms with Gasteiger partial charge < -0.3 is 25.5 Å². The fourth-order valence-corrected chi connectivity index (χ4v) is 8.04. The summed E-state index contributed by atoms with van der Waals surface area (Å²) in [5.74, 6) is 0.583. The number of likely N-dealkylation sites (tertiary alicyclic amines) is 1. The van der Waals surface area contributed by atoms with Gasteiger partial charge in [0.2, 0.25) is 0 Å². The highest BCUT2D eigenvalue weighted by Crippen LogP contribution is 2.54. The van der Waals surface area contributed by atoms with Crippen molar-refractivity contribution in [2.24, 2.45) is 16.8 Å². The Morgan fingerprint density at radius 1 is 1.15 bits per heavy atom. The first kappa shape index (κ1) is 31.7. The summed E-state index contributed by atoms with van der Waals surface area (Å²) < 4.78 is 0. The number of amides is 1. The first-order valence-electron chi connectivity index (χ1n) is 16.5. The van der Waals surface area contributed by atoms with Gasteiger partial charge in [0, 0.05) is 51.3 Å². The molecule has 4 heterocycles. The van der Waals surface area contributed by atoms with E-state index >= 15 is 0 Å². The van der Waals surface area contributed by atoms with Gasteiger partial charge in [-0.25, -0.2) is 0 Å². The second-order valence-electron chi connectivity index (χ2n) is 13.1. The smallest absolute Gasteiger partial charge is 0.273 e. The molecule has 1 aliphatic carbocycles. The number of piperidine rings is 1. The van der Waals surface area contributed by atoms with Crippen LogP contribution in [0, 0.1) is 17.2 Å². The molecular formula is C38H40Cl2N6O. The molecule has 3 atom stereocenters. The minimum Gasteiger partial charge on any atom is -0.350 e. The van der Waals surface area contributed by atoms with E-state index < -0.39 is 0 Å². The Bertz CT molecular complexity index is 1860. The zero-order chi connectivity index (χ0) is 32.7. The van der Waals surface area contributed by atoms with Crippen molar-refractivity contribution in [3.8, 4) is 0 Å². The van der Waals surface area contributed by atoms with E-state index in [9.17, 15) is 4.79 Å². The third-order valence-corrected chi connectivity index (χ3v) is 10.4. The third-order valence-electron chi connectivity index (χ3n) is 9.89. The fraction of sp³-hybridized carbons (Fsp3) is 0.342. The Morgan fingerprint density at radius 2 is 1.94 bits per heavy atom. The quantitative estimate of drug-likeness (QED) is 0.182. The van der Waals surface area contributed by atoms with E-state index in [0.29, 0.717) is 16.6 Å². The van der Waals surface area contributed by atoms with Crippen LogP contribution in [-0.2, 0) is 0 Å². The molecule has 7 nitrogen and oxygen atoms in total. The lowest BCUT2D eigenvalue weighted by Crippen LogP contribution is -2.37. The number of allylic oxidation sites excluding steroid dienone is 5. The lowest BCUT2D eigenvalue weighted by atomic mass is 9.79. The van der Waals surface area contributed by atoms with Crippen LogP contribution in [0.15, 0.2) is 83.0 Å². The van der Waals surface area contributed by atoms with Crippen LogP contribution in [0.4, 0.5) is 0 Å². The number of aromatic nitrogens is 1. The van der Waals surface area contributed by atoms with Crippen LogP contribution >= 0.6 is 23.2 Å². The number of nitrogens with one attached hydrogen (secondary N) is 3. The van der Waals surface area contributed by atoms with E-state index in [2.05, 4.69) is 88.8 Å². The number of halogens is 2. The molecule has 0 bridgehead atoms. The number of hydrogen-bond acceptors (Lipinski definition) is 5. The molecule has 4 aliphatic rings. The monoisotopic (exact) mass is 666 g/mol. The second-order valence-corrected chi connectivity index (χ2v) is 14.0. The number of nitrogens with zero attached hydrogens (tertiary/aromatic N) is 3. The molecule has 0 spiro atoms. The summed E-state index contributed by atoms with van der Waals surface area (Å²) in [7, 11) is 2.12. The molecule has 0 saturated carbocycles. The van der Waals surface area contributed by atoms with Gasteiger partial charge in [0.05, 0.1) is 17.8 Å². The number of H-pyrrole nitrogens is 1. The molecule has 1 saturated heterocycles. The number of benzene rings is 2. The van der Waals surface area contributed by atoms with Crippen molar-refractivity contribution in [3.63, 3.8) is 0 Å². The highest BCUT2D eigenvalue weighted by Gasteiger charge is 2.41. The van der Waals surface area contributed by atoms with E-state index in [4.69, 9.17) is 33.6 Å². The highest BCUT2D eigenvalue weighted by molar-refractivity contribution is 6.32. The number of rotatable bonds is 6. The topological polar surface area (TPSA) is 87.6 Å². The van der Waals surface area contributed by atoms with Gasteiger partial charge in [-0.05, 0) is 86.6 Å². The average Bonchev–Trinajstić information content (AvgIpc) is 3.35. The molecule has 242 valence electrons. The van der Waals surface area contributed by atoms with Crippen molar-refractivity contribution >= 4 is 63.3 Å². The summed E-state index contributed by atoms with van der Waals surface area (Å²) in [5.41, 5.74) is 6.62. The predicted octanol–water partition coefficient (Wildman–Crippen LogP) is 8.56. The van der Waals surface area contributed by atoms with Crippen LogP contribution in [0.1, 0.15) is 72.2 Å². The standard InChI is InChI=1S/C38H40Cl2N6O/c1-23-7-6-18-46-36(25-10-12-26(39)13-11-25)29-21-27(40)22-30-33(29)34(37(46)32(23)24-8-4-3-5-9-24)35(43-30)38(47)44-31(14-17-41)42-28-15-19-45(2)20-16-28/h3-6,8-10,12-13,17-18,21-23,25,28,36,41,43H,7,11,14-16,19-20H2,1-2H3,(H,42,44,47). The molecule has 3 unspecified atom stereocenters. The maximum atomic E-state index is 14.5. The lowest BCUT2D eigenvalue weighted by Gasteiger charge is -2.42. The van der Waals surface area contributed by atoms with Crippen molar-refractivity contribution in [3.05, 3.63) is 105 Å². The molecule has 9 heteroatoms. The molecule has 7 rings (SSSR count). The van der Waals surface area contributed by atoms with Gasteiger partial charge in [0.15, 0.2) is 0 Å². The van der Waals surface area contributed by atoms with Gasteiger partial charge in [-0.3, -0.25) is 9.79 Å². The lowest BCUT2D eigenvalue weighted by molar-refractivity contribution is 0.0971. The molecule has 3 aliphatic heterocycles. The Morgan fingerprint density at radius 3 is 2.66 bits per heavy atom. The predicted molar refractivity (Wildman–Crippen MR) is 194 cm³/mol. The minimum atomic E-state index is -0.265. The number of aromatic amines is 1. The van der Waals surface area contributed by atoms with Crippen LogP contribution in [0.2, 0.25) is 5.02 Å². The maximum absolute atomic E-state index is 14.5. The summed E-state index contributed by atoms with van der Waals surface area (Å²) in [6.45, 7) is 4.19. The van der Waals surface area contributed by atoms with E-state index in [1.807, 2.05) is 18.2 Å². The Labute approximate surface area is 286 Å². The van der Waals surface area contributed by atoms with E-state index in [0.717, 1.165) is 77.1 Å². The van der Waals surface area contributed by atoms with Gasteiger partial charge in [0.1, 0.15) is 11.5 Å². The van der Waals surface area contributed by atoms with Crippen molar-refractivity contribution in [2.75, 3.05) is 20.1 Å². The van der Waals surface area contributed by atoms with E-state index in [1.54, 1.807) is 0 Å². The van der Waals surface area contributed by atoms with Crippen LogP contribution in [0.25, 0.3) is 22.2 Å². The number of amidine groups is 1. The average molecular weight is 668 g/mol. The van der Waals surface area contributed by atoms with Crippen molar-refractivity contribution < 1.29 is 4.79 Å². The molecule has 3 aromatic rings. The zero-order valence-electron chi connectivity index (χ0n) is 26.8. The van der Waals surface area contributed by atoms with Gasteiger partial charge in [0.25, 0.3) is 5.91 Å². The fourth-order valence-electron chi connectivity index (χ4n) is 7.65. The van der Waals surface area contributed by atoms with Crippen molar-refractivity contribution in [2.45, 2.75) is 51.1 Å². The van der Waals surface area contributed by atoms with Gasteiger partial charge >= 0.3 is 0 Å². The normalized spacial score (nSPS) is 23.5. The summed E-state index contributed by atoms with van der Waals surface area (Å²) >= 11 is 13.2. The minimum absolute atomic E-state index is 0.0672. The maximum Gasteiger partial charge on any atom is 0.273 e. The van der Waals surface area contributed by atoms with Crippen molar-refractivity contribution in [1.29, 1.82) is 5.41 Å². The Hall–Kier alpha value is -3.91. The number of fused-ring (bicyclic) bond motifs is 2. The second kappa shape index (κ2) is 13.3. The van der Waals surface area contributed by atoms with Crippen molar-refractivity contribution in [1.82, 2.24) is 20.1 Å². The van der Waals surface area contributed by atoms with Crippen LogP contribution in [-0.4, -0.2) is 58.9 Å². The largest absolute Gasteiger partial charge is 0.350 e. The molecule has 0 radical (unpaired) electrons. The SMILES string of the molecule is CC1CC=CN2C(=C1c1ccccc1)c1c(C(=O)NC(CC=N)=NC3CCN(C)CC3)[nH]c3cc(Cl)cc(c13)C2C1C=CC(Cl)=CC1. The first-order chi connectivity index (χ1) is 22.8. The molecule has 1 fully saturated rings. The van der Waals surface area contributed by atoms with E-state index in [1.165, 1.54) is 11.8 Å². The molecule has 1 aromatic heterocycles. The number of carbonyl (C=O) groups excluding carboxylic acids is 1. The van der Waals surface area contributed by atoms with Crippen LogP contribution < -0.4 is 5.32 Å². The Balaban J connectivity index is 1.44. The van der Waals surface area contributed by atoms with Crippen LogP contribution in [0.3, 0.4) is 0 Å². The molecule has 2 aromatic carbocycles. The summed E-state index contributed by atoms with van der Waals surface area (Å²) in [5, 5.41) is 13.4. The van der Waals surface area contributed by atoms with Gasteiger partial charge in [-0.15, -0.1) is 0 Å². The number of hydrogen-bond donors (Lipinski definition) is 3. The number of carbonyl (C=O) groups is 1. The first-order valence-corrected chi connectivity index (χ1v) is 17.3. The molecular weight excluding hydrogens is 627 g/mol. The summed E-state index contributed by atoms with van der Waals surface area (Å²) in [6, 6.07) is 14.6. The van der Waals surface area contributed by atoms with E-state index in [-0.39, 0.29) is 36.2 Å². The van der Waals surface area contributed by atoms with Gasteiger partial charge in [-0.2, -0.15) is 0 Å². The summed E-state index contributed by atoms with van der Waals surface area (Å²) in [4.78, 5) is 27.6. The molecule has 3 N–H and O–H groups in total. The van der Waals surface area contributed by atoms with Crippen LogP contribution in [0.5, 0.6) is 0 Å². The molecule has 1 amide bonds. The zero-order valence-corrected chi connectivity index (χ0v) is 28.3. The number of aliphatic imine (C=N–C) groups is 1. The Kier molecular flexibility index (Phi) is 8.97. The van der Waals surface area contributed by atoms with Gasteiger partial charge in [-0.1, -0.05) is 78.7 Å². The molecule has 47 heavy (non-hydrogen) atoms.